The molecule has 3 saturated heterocycles. The molecule has 14 nitrogen and oxygen atoms in total. The molecule has 3 aliphatic rings. The van der Waals surface area contributed by atoms with Crippen LogP contribution in [0.5, 0.6) is 0 Å². The zero-order valence-corrected chi connectivity index (χ0v) is 41.3. The highest BCUT2D eigenvalue weighted by molar-refractivity contribution is 7.89. The first-order valence-electron chi connectivity index (χ1n) is 21.0. The van der Waals surface area contributed by atoms with Gasteiger partial charge in [-0.2, -0.15) is 5.26 Å². The lowest BCUT2D eigenvalue weighted by Gasteiger charge is -2.38. The Morgan fingerprint density at radius 2 is 1.24 bits per heavy atom. The Labute approximate surface area is 360 Å². The maximum absolute atomic E-state index is 12.2. The van der Waals surface area contributed by atoms with Crippen LogP contribution >= 0.6 is 0 Å². The van der Waals surface area contributed by atoms with Crippen molar-refractivity contribution in [2.24, 2.45) is 0 Å². The first-order valence-corrected chi connectivity index (χ1v) is 28.3. The van der Waals surface area contributed by atoms with Gasteiger partial charge < -0.3 is 43.3 Å². The molecule has 0 aliphatic carbocycles. The third kappa shape index (κ3) is 16.5. The summed E-state index contributed by atoms with van der Waals surface area (Å²) in [6, 6.07) is 7.72. The molecule has 4 N–H and O–H groups in total. The average Bonchev–Trinajstić information content (AvgIpc) is 3.85. The van der Waals surface area contributed by atoms with Gasteiger partial charge in [0.05, 0.1) is 29.8 Å². The zero-order valence-electron chi connectivity index (χ0n) is 38.4. The summed E-state index contributed by atoms with van der Waals surface area (Å²) >= 11 is 0. The molecule has 1 aromatic carbocycles. The van der Waals surface area contributed by atoms with Crippen LogP contribution in [0.4, 0.5) is 0 Å². The van der Waals surface area contributed by atoms with E-state index in [1.807, 2.05) is 29.7 Å². The molecular formula is C40H75B2N7O7SSi2. The lowest BCUT2D eigenvalue weighted by atomic mass is 9.84. The fourth-order valence-electron chi connectivity index (χ4n) is 6.82. The van der Waals surface area contributed by atoms with Crippen molar-refractivity contribution >= 4 is 40.8 Å². The van der Waals surface area contributed by atoms with E-state index in [2.05, 4.69) is 82.1 Å². The molecule has 4 rings (SSSR count). The second-order valence-corrected chi connectivity index (χ2v) is 29.8. The van der Waals surface area contributed by atoms with Crippen LogP contribution in [0.15, 0.2) is 35.2 Å². The Morgan fingerprint density at radius 1 is 0.814 bits per heavy atom. The smallest absolute Gasteiger partial charge is 0.376 e. The van der Waals surface area contributed by atoms with Gasteiger partial charge in [-0.05, 0) is 81.3 Å². The second kappa shape index (κ2) is 23.8. The Kier molecular flexibility index (Phi) is 22.0. The normalized spacial score (nSPS) is 23.9. The number of nitriles is 1. The van der Waals surface area contributed by atoms with Gasteiger partial charge >= 0.3 is 14.1 Å². The molecule has 0 radical (unpaired) electrons. The first-order chi connectivity index (χ1) is 27.2. The molecule has 0 spiro atoms. The van der Waals surface area contributed by atoms with Gasteiger partial charge in [0.2, 0.25) is 23.1 Å². The van der Waals surface area contributed by atoms with Crippen molar-refractivity contribution in [3.8, 4) is 6.19 Å². The van der Waals surface area contributed by atoms with Crippen molar-refractivity contribution in [2.75, 3.05) is 39.3 Å². The number of rotatable bonds is 12. The Bertz CT molecular complexity index is 1650. The van der Waals surface area contributed by atoms with Crippen LogP contribution in [0, 0.1) is 24.6 Å². The minimum absolute atomic E-state index is 0.0276. The largest absolute Gasteiger partial charge is 0.437 e. The summed E-state index contributed by atoms with van der Waals surface area (Å²) in [5.74, 6) is 0. The number of aliphatic hydroxyl groups excluding tert-OH is 1. The lowest BCUT2D eigenvalue weighted by molar-refractivity contribution is 0.188. The molecule has 0 amide bonds. The fourth-order valence-corrected chi connectivity index (χ4v) is 10.8. The highest BCUT2D eigenvalue weighted by Gasteiger charge is 2.45. The minimum atomic E-state index is -3.58. The zero-order chi connectivity index (χ0) is 45.6. The number of hydrogen-bond acceptors (Lipinski definition) is 11. The molecule has 59 heavy (non-hydrogen) atoms. The van der Waals surface area contributed by atoms with Crippen LogP contribution in [0.2, 0.25) is 49.9 Å². The van der Waals surface area contributed by atoms with Crippen LogP contribution in [0.25, 0.3) is 9.69 Å². The van der Waals surface area contributed by atoms with E-state index >= 15 is 0 Å². The molecule has 6 atom stereocenters. The van der Waals surface area contributed by atoms with Crippen molar-refractivity contribution in [3.63, 3.8) is 0 Å². The average molecular weight is 876 g/mol. The monoisotopic (exact) mass is 876 g/mol. The Hall–Kier alpha value is -2.32. The summed E-state index contributed by atoms with van der Waals surface area (Å²) in [6.45, 7) is 46.3. The third-order valence-corrected chi connectivity index (χ3v) is 22.7. The number of hydrogen-bond donors (Lipinski definition) is 4. The van der Waals surface area contributed by atoms with Gasteiger partial charge in [-0.25, -0.2) is 26.3 Å². The summed E-state index contributed by atoms with van der Waals surface area (Å²) in [5, 5.41) is 38.2. The number of likely N-dealkylation sites (tertiary alicyclic amines) is 1. The predicted molar refractivity (Wildman–Crippen MR) is 245 cm³/mol. The molecule has 332 valence electrons. The Morgan fingerprint density at radius 3 is 1.61 bits per heavy atom. The van der Waals surface area contributed by atoms with Crippen molar-refractivity contribution in [2.45, 2.75) is 166 Å². The van der Waals surface area contributed by atoms with Crippen LogP contribution in [-0.2, 0) is 18.9 Å². The van der Waals surface area contributed by atoms with E-state index in [0.29, 0.717) is 19.5 Å². The van der Waals surface area contributed by atoms with E-state index < -0.39 is 40.8 Å². The standard InChI is InChI=1S/C13H27BN2O2Si.C13H14N4O2S.C12H28BNO3Si.C2H6/c1-13(2,3)19(6,7)18-12-8-11(9-15-5)16(10-12)14(4)17;1-15-8-12-7-11(9-17(12)10-14)16-20(18,19)13-5-3-2-4-6-13;1-12(2,3)18(5,6)17-11-7-10(9-15)14(8-11)13(4)16;1-2/h11-12,17H,8-10H2,1-4,6-7H3;2-6,11-12,16H,7-9H2;10-11,15-16H,7-9H2,1-6H3;1-2H3/t11-,12+;11-,12-;10-,11+;/m111./s1. The second-order valence-electron chi connectivity index (χ2n) is 18.6. The van der Waals surface area contributed by atoms with Crippen molar-refractivity contribution in [1.29, 1.82) is 5.26 Å². The van der Waals surface area contributed by atoms with Gasteiger partial charge in [-0.3, -0.25) is 4.90 Å². The highest BCUT2D eigenvalue weighted by atomic mass is 32.2. The van der Waals surface area contributed by atoms with E-state index in [4.69, 9.17) is 27.3 Å². The van der Waals surface area contributed by atoms with Crippen molar-refractivity contribution in [1.82, 2.24) is 19.2 Å². The van der Waals surface area contributed by atoms with Crippen LogP contribution in [0.1, 0.15) is 74.7 Å². The van der Waals surface area contributed by atoms with Gasteiger partial charge in [-0.15, -0.1) is 0 Å². The van der Waals surface area contributed by atoms with E-state index in [1.54, 1.807) is 31.8 Å². The third-order valence-electron chi connectivity index (χ3n) is 12.1. The topological polar surface area (TPSA) is 168 Å². The summed E-state index contributed by atoms with van der Waals surface area (Å²) in [4.78, 5) is 12.4. The van der Waals surface area contributed by atoms with Gasteiger partial charge in [0, 0.05) is 31.7 Å². The predicted octanol–water partition coefficient (Wildman–Crippen LogP) is 5.87. The van der Waals surface area contributed by atoms with Crippen LogP contribution < -0.4 is 4.72 Å². The van der Waals surface area contributed by atoms with Gasteiger partial charge in [0.15, 0.2) is 22.8 Å². The van der Waals surface area contributed by atoms with E-state index in [-0.39, 0.29) is 64.5 Å². The maximum Gasteiger partial charge on any atom is 0.376 e. The van der Waals surface area contributed by atoms with E-state index in [9.17, 15) is 23.6 Å². The summed E-state index contributed by atoms with van der Waals surface area (Å²) in [7, 11) is -8.14. The highest BCUT2D eigenvalue weighted by Crippen LogP contribution is 2.40. The number of sulfonamides is 1. The molecule has 3 aliphatic heterocycles. The molecular weight excluding hydrogens is 800 g/mol. The molecule has 3 heterocycles. The lowest BCUT2D eigenvalue weighted by Crippen LogP contribution is -2.45. The van der Waals surface area contributed by atoms with Crippen molar-refractivity contribution < 1.29 is 32.4 Å². The molecule has 0 bridgehead atoms. The minimum Gasteiger partial charge on any atom is -0.437 e. The summed E-state index contributed by atoms with van der Waals surface area (Å²) in [5.41, 5.74) is 0. The number of aliphatic hydroxyl groups is 1. The maximum atomic E-state index is 12.2. The molecule has 19 heteroatoms. The Balaban J connectivity index is 0.000000434. The van der Waals surface area contributed by atoms with Gasteiger partial charge in [0.25, 0.3) is 0 Å². The molecule has 0 unspecified atom stereocenters. The van der Waals surface area contributed by atoms with Crippen molar-refractivity contribution in [3.05, 3.63) is 53.2 Å². The number of benzene rings is 1. The molecule has 3 fully saturated rings. The van der Waals surface area contributed by atoms with Gasteiger partial charge in [-0.1, -0.05) is 73.6 Å². The number of nitrogens with one attached hydrogen (secondary N) is 1. The fraction of sp³-hybridized carbons (Fsp3) is 0.775. The SMILES string of the molecule is CB(O)N1C[C@@H](O[Si](C)(C)C(C)(C)C)C[C@@H]1CO.CC.[C-]#[N+]C[C@H]1C[C@@H](NS(=O)(=O)c2ccccc2)CN1C#N.[C-]#[N+]C[C@H]1C[C@H](O[Si](C)(C)C(C)(C)C)CN1B(C)O. The molecule has 0 aromatic heterocycles. The van der Waals surface area contributed by atoms with E-state index in [1.165, 1.54) is 17.0 Å². The first kappa shape index (κ1) is 54.7. The van der Waals surface area contributed by atoms with E-state index in [0.717, 1.165) is 25.9 Å². The van der Waals surface area contributed by atoms with Gasteiger partial charge in [0.1, 0.15) is 6.04 Å². The molecule has 0 saturated carbocycles. The van der Waals surface area contributed by atoms with Crippen LogP contribution in [0.3, 0.4) is 0 Å². The summed E-state index contributed by atoms with van der Waals surface area (Å²) in [6.07, 6.45) is 4.45. The molecule has 1 aromatic rings. The number of nitrogens with zero attached hydrogens (tertiary/aromatic N) is 6. The quantitative estimate of drug-likeness (QED) is 0.113. The summed E-state index contributed by atoms with van der Waals surface area (Å²) < 4.78 is 39.7. The van der Waals surface area contributed by atoms with Crippen LogP contribution in [-0.4, -0.2) is 145 Å².